The average Bonchev–Trinajstić information content (AvgIpc) is 3.33. The normalized spacial score (nSPS) is 22.4. The van der Waals surface area contributed by atoms with Gasteiger partial charge in [-0.05, 0) is 67.9 Å². The summed E-state index contributed by atoms with van der Waals surface area (Å²) in [4.78, 5) is 24.1. The second kappa shape index (κ2) is 9.76. The van der Waals surface area contributed by atoms with Crippen LogP contribution in [0.1, 0.15) is 25.7 Å². The van der Waals surface area contributed by atoms with E-state index in [9.17, 15) is 31.9 Å². The fourth-order valence-electron chi connectivity index (χ4n) is 6.14. The van der Waals surface area contributed by atoms with Crippen LogP contribution in [-0.2, 0) is 4.79 Å². The van der Waals surface area contributed by atoms with Gasteiger partial charge in [0.25, 0.3) is 0 Å². The number of anilines is 1. The molecule has 2 atom stereocenters. The van der Waals surface area contributed by atoms with E-state index in [1.165, 1.54) is 18.3 Å². The molecule has 0 amide bonds. The number of aliphatic carboxylic acids is 1. The molecule has 3 saturated carbocycles. The predicted molar refractivity (Wildman–Crippen MR) is 135 cm³/mol. The minimum atomic E-state index is -4.85. The van der Waals surface area contributed by atoms with Crippen molar-refractivity contribution in [2.45, 2.75) is 38.1 Å². The lowest BCUT2D eigenvalue weighted by Crippen LogP contribution is -2.51. The van der Waals surface area contributed by atoms with Crippen LogP contribution in [0.2, 0.25) is 0 Å². The molecule has 12 heteroatoms. The summed E-state index contributed by atoms with van der Waals surface area (Å²) in [5, 5.41) is 13.5. The van der Waals surface area contributed by atoms with Crippen LogP contribution in [0.4, 0.5) is 27.8 Å². The molecule has 2 unspecified atom stereocenters. The van der Waals surface area contributed by atoms with Crippen molar-refractivity contribution in [1.29, 1.82) is 0 Å². The van der Waals surface area contributed by atoms with Crippen LogP contribution in [0.25, 0.3) is 33.5 Å². The number of hydrogen-bond acceptors (Lipinski definition) is 5. The molecule has 4 aromatic rings. The molecule has 0 spiro atoms. The molecule has 0 radical (unpaired) electrons. The van der Waals surface area contributed by atoms with Crippen LogP contribution < -0.4 is 10.1 Å². The Balaban J connectivity index is 1.44. The highest BCUT2D eigenvalue weighted by Gasteiger charge is 2.47. The van der Waals surface area contributed by atoms with Gasteiger partial charge in [0.15, 0.2) is 5.82 Å². The van der Waals surface area contributed by atoms with Crippen molar-refractivity contribution in [3.8, 4) is 28.4 Å². The molecule has 3 aliphatic rings. The van der Waals surface area contributed by atoms with Gasteiger partial charge in [0.05, 0.1) is 17.1 Å². The number of hydrogen-bond donors (Lipinski definition) is 3. The summed E-state index contributed by atoms with van der Waals surface area (Å²) in [6, 6.07) is 8.19. The number of nitrogens with one attached hydrogen (secondary N) is 2. The molecule has 7 rings (SSSR count). The Bertz CT molecular complexity index is 1580. The van der Waals surface area contributed by atoms with E-state index in [4.69, 9.17) is 0 Å². The summed E-state index contributed by atoms with van der Waals surface area (Å²) >= 11 is 0. The summed E-state index contributed by atoms with van der Waals surface area (Å²) in [5.74, 6) is -2.92. The zero-order valence-electron chi connectivity index (χ0n) is 20.8. The van der Waals surface area contributed by atoms with Gasteiger partial charge < -0.3 is 20.1 Å². The van der Waals surface area contributed by atoms with Crippen molar-refractivity contribution in [2.24, 2.45) is 17.8 Å². The Morgan fingerprint density at radius 3 is 2.38 bits per heavy atom. The number of halogens is 5. The molecule has 2 heterocycles. The van der Waals surface area contributed by atoms with E-state index in [-0.39, 0.29) is 34.6 Å². The van der Waals surface area contributed by atoms with E-state index < -0.39 is 35.6 Å². The summed E-state index contributed by atoms with van der Waals surface area (Å²) in [5.41, 5.74) is 1.10. The number of H-pyrrole nitrogens is 1. The van der Waals surface area contributed by atoms with Crippen LogP contribution in [-0.4, -0.2) is 38.4 Å². The molecule has 3 fully saturated rings. The number of fused-ring (bicyclic) bond motifs is 4. The molecule has 7 nitrogen and oxygen atoms in total. The average molecular weight is 559 g/mol. The second-order valence-corrected chi connectivity index (χ2v) is 10.3. The van der Waals surface area contributed by atoms with Gasteiger partial charge in [-0.3, -0.25) is 4.79 Å². The number of aromatic amines is 1. The number of aromatic nitrogens is 3. The smallest absolute Gasteiger partial charge is 0.481 e. The van der Waals surface area contributed by atoms with Crippen molar-refractivity contribution in [3.63, 3.8) is 0 Å². The number of nitrogens with zero attached hydrogens (tertiary/aromatic N) is 2. The molecule has 2 bridgehead atoms. The van der Waals surface area contributed by atoms with Gasteiger partial charge in [-0.2, -0.15) is 0 Å². The molecule has 0 saturated heterocycles. The minimum absolute atomic E-state index is 0.0431. The first-order chi connectivity index (χ1) is 19.1. The maximum Gasteiger partial charge on any atom is 0.573 e. The molecule has 3 N–H and O–H groups in total. The molecule has 2 aromatic carbocycles. The quantitative estimate of drug-likeness (QED) is 0.226. The van der Waals surface area contributed by atoms with Crippen LogP contribution >= 0.6 is 0 Å². The lowest BCUT2D eigenvalue weighted by molar-refractivity contribution is -0.274. The number of alkyl halides is 3. The first-order valence-corrected chi connectivity index (χ1v) is 12.8. The number of carboxylic acid groups (broad SMARTS) is 1. The third kappa shape index (κ3) is 4.93. The molecular formula is C28H23F5N4O3. The van der Waals surface area contributed by atoms with Crippen LogP contribution in [0.3, 0.4) is 0 Å². The highest BCUT2D eigenvalue weighted by atomic mass is 19.4. The monoisotopic (exact) mass is 558 g/mol. The van der Waals surface area contributed by atoms with E-state index in [0.717, 1.165) is 49.9 Å². The van der Waals surface area contributed by atoms with Crippen LogP contribution in [0.15, 0.2) is 48.7 Å². The zero-order valence-corrected chi connectivity index (χ0v) is 20.8. The Morgan fingerprint density at radius 1 is 1.00 bits per heavy atom. The number of rotatable bonds is 6. The van der Waals surface area contributed by atoms with E-state index in [1.54, 1.807) is 6.07 Å². The molecule has 40 heavy (non-hydrogen) atoms. The summed E-state index contributed by atoms with van der Waals surface area (Å²) in [6.45, 7) is 0. The third-order valence-corrected chi connectivity index (χ3v) is 7.88. The maximum atomic E-state index is 14.4. The van der Waals surface area contributed by atoms with Crippen LogP contribution in [0.5, 0.6) is 5.75 Å². The van der Waals surface area contributed by atoms with E-state index in [1.807, 2.05) is 0 Å². The molecule has 2 aromatic heterocycles. The van der Waals surface area contributed by atoms with E-state index in [0.29, 0.717) is 22.6 Å². The fourth-order valence-corrected chi connectivity index (χ4v) is 6.14. The molecule has 0 aliphatic heterocycles. The number of carboxylic acids is 1. The Labute approximate surface area is 224 Å². The highest BCUT2D eigenvalue weighted by Crippen LogP contribution is 2.46. The topological polar surface area (TPSA) is 100 Å². The Hall–Kier alpha value is -4.22. The lowest BCUT2D eigenvalue weighted by atomic mass is 9.61. The van der Waals surface area contributed by atoms with Gasteiger partial charge in [-0.25, -0.2) is 18.7 Å². The first-order valence-electron chi connectivity index (χ1n) is 12.8. The van der Waals surface area contributed by atoms with E-state index in [2.05, 4.69) is 25.0 Å². The predicted octanol–water partition coefficient (Wildman–Crippen LogP) is 6.77. The van der Waals surface area contributed by atoms with Gasteiger partial charge in [0, 0.05) is 40.9 Å². The van der Waals surface area contributed by atoms with Crippen molar-refractivity contribution in [3.05, 3.63) is 60.3 Å². The van der Waals surface area contributed by atoms with Crippen molar-refractivity contribution >= 4 is 22.7 Å². The third-order valence-electron chi connectivity index (χ3n) is 7.88. The van der Waals surface area contributed by atoms with Crippen molar-refractivity contribution < 1.29 is 36.6 Å². The maximum absolute atomic E-state index is 14.4. The molecule has 208 valence electrons. The minimum Gasteiger partial charge on any atom is -0.481 e. The summed E-state index contributed by atoms with van der Waals surface area (Å²) in [6.07, 6.45) is 0.0641. The first kappa shape index (κ1) is 26.0. The van der Waals surface area contributed by atoms with E-state index >= 15 is 0 Å². The SMILES string of the molecule is O=C(O)C1C2CCC(CC2)C1Nc1cc(-c2ccc(OC(F)(F)F)cc2)nc(-c2c[nH]c3c(F)cc(F)cc23)n1. The lowest BCUT2D eigenvalue weighted by Gasteiger charge is -2.47. The molecular weight excluding hydrogens is 535 g/mol. The van der Waals surface area contributed by atoms with Gasteiger partial charge in [-0.1, -0.05) is 0 Å². The number of carbonyl (C=O) groups is 1. The highest BCUT2D eigenvalue weighted by molar-refractivity contribution is 5.94. The van der Waals surface area contributed by atoms with Gasteiger partial charge >= 0.3 is 12.3 Å². The van der Waals surface area contributed by atoms with Gasteiger partial charge in [-0.15, -0.1) is 13.2 Å². The summed E-state index contributed by atoms with van der Waals surface area (Å²) in [7, 11) is 0. The number of ether oxygens (including phenoxy) is 1. The molecule has 3 aliphatic carbocycles. The van der Waals surface area contributed by atoms with Crippen molar-refractivity contribution in [2.75, 3.05) is 5.32 Å². The Kier molecular flexibility index (Phi) is 6.35. The fraction of sp³-hybridized carbons (Fsp3) is 0.321. The Morgan fingerprint density at radius 2 is 1.70 bits per heavy atom. The van der Waals surface area contributed by atoms with Gasteiger partial charge in [0.1, 0.15) is 23.2 Å². The second-order valence-electron chi connectivity index (χ2n) is 10.3. The summed E-state index contributed by atoms with van der Waals surface area (Å²) < 4.78 is 70.4. The van der Waals surface area contributed by atoms with Crippen molar-refractivity contribution in [1.82, 2.24) is 15.0 Å². The largest absolute Gasteiger partial charge is 0.573 e. The van der Waals surface area contributed by atoms with Crippen LogP contribution in [0, 0.1) is 29.4 Å². The zero-order chi connectivity index (χ0) is 28.2. The van der Waals surface area contributed by atoms with Gasteiger partial charge in [0.2, 0.25) is 0 Å². The standard InChI is InChI=1S/C28H23F5N4O3/c29-16-9-18-19(12-34-25(18)20(30)10-16)26-35-21(13-5-7-17(8-6-13)40-28(31,32)33)11-22(37-26)36-24-15-3-1-14(2-4-15)23(24)27(38)39/h5-12,14-15,23-24,34H,1-4H2,(H,38,39)(H,35,36,37). The number of benzene rings is 2.